The van der Waals surface area contributed by atoms with Gasteiger partial charge in [0.2, 0.25) is 0 Å². The van der Waals surface area contributed by atoms with Gasteiger partial charge in [0.25, 0.3) is 0 Å². The summed E-state index contributed by atoms with van der Waals surface area (Å²) in [6, 6.07) is 14.4. The molecule has 4 nitrogen and oxygen atoms in total. The fraction of sp³-hybridized carbons (Fsp3) is 0.105. The molecule has 5 heteroatoms. The summed E-state index contributed by atoms with van der Waals surface area (Å²) < 4.78 is 18.7. The predicted octanol–water partition coefficient (Wildman–Crippen LogP) is 5.06. The van der Waals surface area contributed by atoms with Crippen molar-refractivity contribution in [3.05, 3.63) is 83.7 Å². The van der Waals surface area contributed by atoms with Gasteiger partial charge in [-0.2, -0.15) is 0 Å². The largest absolute Gasteiger partial charge is 0.503 e. The topological polar surface area (TPSA) is 66.8 Å². The maximum atomic E-state index is 13.4. The first-order chi connectivity index (χ1) is 11.5. The van der Waals surface area contributed by atoms with Crippen molar-refractivity contribution in [1.29, 1.82) is 0 Å². The van der Waals surface area contributed by atoms with Crippen LogP contribution in [0.1, 0.15) is 18.1 Å². The van der Waals surface area contributed by atoms with Crippen LogP contribution in [0.3, 0.4) is 0 Å². The van der Waals surface area contributed by atoms with Crippen LogP contribution in [0.15, 0.2) is 66.8 Å². The van der Waals surface area contributed by atoms with E-state index in [1.807, 2.05) is 55.5 Å². The van der Waals surface area contributed by atoms with E-state index in [0.717, 1.165) is 22.4 Å². The van der Waals surface area contributed by atoms with Crippen LogP contribution in [0.4, 0.5) is 9.18 Å². The van der Waals surface area contributed by atoms with Crippen LogP contribution in [-0.2, 0) is 0 Å². The first kappa shape index (κ1) is 19.0. The summed E-state index contributed by atoms with van der Waals surface area (Å²) in [5, 5.41) is 13.9. The van der Waals surface area contributed by atoms with Crippen LogP contribution in [0.5, 0.6) is 5.75 Å². The molecular weight excluding hydrogens is 311 g/mol. The normalized spacial score (nSPS) is 10.9. The second-order valence-corrected chi connectivity index (χ2v) is 4.63. The van der Waals surface area contributed by atoms with Crippen LogP contribution in [0, 0.1) is 5.82 Å². The highest BCUT2D eigenvalue weighted by atomic mass is 19.1. The van der Waals surface area contributed by atoms with Gasteiger partial charge in [-0.1, -0.05) is 42.5 Å². The average Bonchev–Trinajstić information content (AvgIpc) is 2.55. The quantitative estimate of drug-likeness (QED) is 0.769. The summed E-state index contributed by atoms with van der Waals surface area (Å²) in [5.41, 5.74) is 2.80. The number of ether oxygens (including phenoxy) is 1. The highest BCUT2D eigenvalue weighted by Crippen LogP contribution is 2.26. The molecule has 0 unspecified atom stereocenters. The van der Waals surface area contributed by atoms with Crippen LogP contribution in [0.25, 0.3) is 5.57 Å². The van der Waals surface area contributed by atoms with E-state index in [1.54, 1.807) is 13.2 Å². The second-order valence-electron chi connectivity index (χ2n) is 4.63. The third kappa shape index (κ3) is 6.36. The van der Waals surface area contributed by atoms with Gasteiger partial charge >= 0.3 is 6.16 Å². The van der Waals surface area contributed by atoms with Crippen molar-refractivity contribution in [3.8, 4) is 5.75 Å². The van der Waals surface area contributed by atoms with Crippen molar-refractivity contribution in [3.63, 3.8) is 0 Å². The third-order valence-electron chi connectivity index (χ3n) is 2.97. The number of benzene rings is 2. The van der Waals surface area contributed by atoms with E-state index in [9.17, 15) is 4.39 Å². The van der Waals surface area contributed by atoms with Gasteiger partial charge in [0.1, 0.15) is 11.6 Å². The first-order valence-corrected chi connectivity index (χ1v) is 7.13. The van der Waals surface area contributed by atoms with Gasteiger partial charge in [-0.05, 0) is 47.9 Å². The number of halogens is 1. The number of methoxy groups -OCH3 is 1. The average molecular weight is 330 g/mol. The molecule has 2 aromatic carbocycles. The number of rotatable bonds is 4. The Morgan fingerprint density at radius 2 is 1.67 bits per heavy atom. The lowest BCUT2D eigenvalue weighted by atomic mass is 9.97. The Kier molecular flexibility index (Phi) is 7.78. The number of hydrogen-bond donors (Lipinski definition) is 2. The molecule has 0 spiro atoms. The number of allylic oxidation sites excluding steroid dienone is 3. The molecule has 0 aliphatic carbocycles. The Balaban J connectivity index is 0.000000648. The minimum absolute atomic E-state index is 0.239. The number of carbonyl (C=O) groups is 1. The Labute approximate surface area is 140 Å². The molecule has 0 bridgehead atoms. The molecule has 24 heavy (non-hydrogen) atoms. The molecule has 0 heterocycles. The second kappa shape index (κ2) is 9.84. The minimum Gasteiger partial charge on any atom is -0.497 e. The van der Waals surface area contributed by atoms with Crippen LogP contribution < -0.4 is 4.74 Å². The zero-order chi connectivity index (χ0) is 17.9. The maximum absolute atomic E-state index is 13.4. The van der Waals surface area contributed by atoms with Crippen LogP contribution >= 0.6 is 0 Å². The Bertz CT molecular complexity index is 732. The number of hydrogen-bond acceptors (Lipinski definition) is 2. The summed E-state index contributed by atoms with van der Waals surface area (Å²) in [5.74, 6) is 0.544. The highest BCUT2D eigenvalue weighted by molar-refractivity contribution is 5.81. The van der Waals surface area contributed by atoms with E-state index in [1.165, 1.54) is 12.1 Å². The first-order valence-electron chi connectivity index (χ1n) is 7.13. The van der Waals surface area contributed by atoms with Crippen molar-refractivity contribution in [1.82, 2.24) is 0 Å². The predicted molar refractivity (Wildman–Crippen MR) is 91.9 cm³/mol. The van der Waals surface area contributed by atoms with Gasteiger partial charge in [-0.15, -0.1) is 0 Å². The SMILES string of the molecule is C/C=C/C=C(\c1cccc(F)c1)c1cccc(OC)c1.O=C(O)O. The summed E-state index contributed by atoms with van der Waals surface area (Å²) in [6.07, 6.45) is 4.03. The molecule has 2 N–H and O–H groups in total. The maximum Gasteiger partial charge on any atom is 0.503 e. The molecule has 0 atom stereocenters. The molecule has 0 aliphatic rings. The zero-order valence-electron chi connectivity index (χ0n) is 13.4. The molecule has 0 saturated carbocycles. The van der Waals surface area contributed by atoms with E-state index in [-0.39, 0.29) is 5.82 Å². The molecule has 2 aromatic rings. The van der Waals surface area contributed by atoms with Gasteiger partial charge in [0.05, 0.1) is 7.11 Å². The Morgan fingerprint density at radius 3 is 2.21 bits per heavy atom. The molecular formula is C19H19FO4. The minimum atomic E-state index is -1.83. The fourth-order valence-electron chi connectivity index (χ4n) is 2.00. The smallest absolute Gasteiger partial charge is 0.497 e. The van der Waals surface area contributed by atoms with Gasteiger partial charge < -0.3 is 14.9 Å². The van der Waals surface area contributed by atoms with E-state index in [2.05, 4.69) is 0 Å². The van der Waals surface area contributed by atoms with Crippen molar-refractivity contribution >= 4 is 11.7 Å². The van der Waals surface area contributed by atoms with Gasteiger partial charge in [-0.3, -0.25) is 0 Å². The van der Waals surface area contributed by atoms with Gasteiger partial charge in [0.15, 0.2) is 0 Å². The number of carboxylic acid groups (broad SMARTS) is 2. The molecule has 0 aromatic heterocycles. The van der Waals surface area contributed by atoms with Crippen molar-refractivity contribution in [2.75, 3.05) is 7.11 Å². The molecule has 126 valence electrons. The van der Waals surface area contributed by atoms with Crippen LogP contribution in [0.2, 0.25) is 0 Å². The van der Waals surface area contributed by atoms with Gasteiger partial charge in [0, 0.05) is 0 Å². The Hall–Kier alpha value is -3.08. The van der Waals surface area contributed by atoms with Crippen molar-refractivity contribution in [2.45, 2.75) is 6.92 Å². The Morgan fingerprint density at radius 1 is 1.08 bits per heavy atom. The molecule has 0 aliphatic heterocycles. The van der Waals surface area contributed by atoms with E-state index in [0.29, 0.717) is 0 Å². The van der Waals surface area contributed by atoms with E-state index >= 15 is 0 Å². The summed E-state index contributed by atoms with van der Waals surface area (Å²) in [4.78, 5) is 8.56. The summed E-state index contributed by atoms with van der Waals surface area (Å²) >= 11 is 0. The monoisotopic (exact) mass is 330 g/mol. The molecule has 0 saturated heterocycles. The third-order valence-corrected chi connectivity index (χ3v) is 2.97. The lowest BCUT2D eigenvalue weighted by molar-refractivity contribution is 0.137. The van der Waals surface area contributed by atoms with Crippen LogP contribution in [-0.4, -0.2) is 23.5 Å². The zero-order valence-corrected chi connectivity index (χ0v) is 13.4. The molecule has 2 rings (SSSR count). The summed E-state index contributed by atoms with van der Waals surface area (Å²) in [6.45, 7) is 1.95. The standard InChI is InChI=1S/C18H17FO.CH2O3/c1-3-4-11-18(14-7-5-9-16(19)12-14)15-8-6-10-17(13-15)20-2;2-1(3)4/h3-13H,1-2H3;(H2,2,3,4)/b4-3+,18-11+;. The molecule has 0 amide bonds. The lowest BCUT2D eigenvalue weighted by Gasteiger charge is -2.09. The van der Waals surface area contributed by atoms with Gasteiger partial charge in [-0.25, -0.2) is 9.18 Å². The molecule has 0 fully saturated rings. The van der Waals surface area contributed by atoms with Crippen molar-refractivity contribution in [2.24, 2.45) is 0 Å². The van der Waals surface area contributed by atoms with E-state index in [4.69, 9.17) is 19.7 Å². The lowest BCUT2D eigenvalue weighted by Crippen LogP contribution is -1.90. The van der Waals surface area contributed by atoms with Crippen molar-refractivity contribution < 1.29 is 24.1 Å². The summed E-state index contributed by atoms with van der Waals surface area (Å²) in [7, 11) is 1.64. The van der Waals surface area contributed by atoms with E-state index < -0.39 is 6.16 Å². The molecule has 0 radical (unpaired) electrons. The fourth-order valence-corrected chi connectivity index (χ4v) is 2.00. The highest BCUT2D eigenvalue weighted by Gasteiger charge is 2.06.